The summed E-state index contributed by atoms with van der Waals surface area (Å²) in [6, 6.07) is 6.08. The maximum atomic E-state index is 12.8. The highest BCUT2D eigenvalue weighted by molar-refractivity contribution is 5.81. The summed E-state index contributed by atoms with van der Waals surface area (Å²) in [6.45, 7) is 1.82. The molecule has 0 saturated heterocycles. The molecule has 1 N–H and O–H groups in total. The number of aliphatic hydroxyl groups is 1. The van der Waals surface area contributed by atoms with Gasteiger partial charge in [-0.15, -0.1) is 0 Å². The zero-order valence-electron chi connectivity index (χ0n) is 14.8. The molecule has 24 heavy (non-hydrogen) atoms. The van der Waals surface area contributed by atoms with Crippen molar-refractivity contribution in [2.45, 2.75) is 76.5 Å². The van der Waals surface area contributed by atoms with E-state index >= 15 is 0 Å². The van der Waals surface area contributed by atoms with Crippen molar-refractivity contribution < 1.29 is 14.6 Å². The van der Waals surface area contributed by atoms with Crippen molar-refractivity contribution in [3.63, 3.8) is 0 Å². The van der Waals surface area contributed by atoms with Crippen LogP contribution in [0.5, 0.6) is 5.75 Å². The zero-order chi connectivity index (χ0) is 17.1. The van der Waals surface area contributed by atoms with Gasteiger partial charge in [0.15, 0.2) is 6.10 Å². The first-order valence-corrected chi connectivity index (χ1v) is 9.30. The third kappa shape index (κ3) is 3.59. The van der Waals surface area contributed by atoms with Crippen LogP contribution in [-0.2, 0) is 17.6 Å². The molecule has 1 aromatic carbocycles. The number of benzene rings is 1. The lowest BCUT2D eigenvalue weighted by molar-refractivity contribution is -0.142. The van der Waals surface area contributed by atoms with Gasteiger partial charge in [0.2, 0.25) is 0 Å². The molecule has 3 rings (SSSR count). The molecule has 1 fully saturated rings. The summed E-state index contributed by atoms with van der Waals surface area (Å²) in [5.41, 5.74) is 2.62. The number of rotatable bonds is 4. The predicted molar refractivity (Wildman–Crippen MR) is 94.2 cm³/mol. The number of likely N-dealkylation sites (N-methyl/N-ethyl adjacent to an activating group) is 1. The standard InChI is InChI=1S/C20H29NO3/c1-14(20(23)21(2)17-11-5-6-12-18(17)22)24-19-13-7-9-15-8-3-4-10-16(15)19/h7,9,13-14,17-18,22H,3-6,8,10-12H2,1-2H3/t14-,17-,18-/m1/s1. The van der Waals surface area contributed by atoms with Gasteiger partial charge in [-0.25, -0.2) is 0 Å². The van der Waals surface area contributed by atoms with E-state index in [1.54, 1.807) is 11.9 Å². The van der Waals surface area contributed by atoms with Crippen LogP contribution in [0, 0.1) is 0 Å². The van der Waals surface area contributed by atoms with Gasteiger partial charge in [-0.05, 0) is 62.6 Å². The molecule has 0 spiro atoms. The molecule has 4 heteroatoms. The summed E-state index contributed by atoms with van der Waals surface area (Å²) in [5, 5.41) is 10.2. The third-order valence-electron chi connectivity index (χ3n) is 5.54. The summed E-state index contributed by atoms with van der Waals surface area (Å²) in [6.07, 6.45) is 7.37. The van der Waals surface area contributed by atoms with Crippen LogP contribution in [0.2, 0.25) is 0 Å². The van der Waals surface area contributed by atoms with Crippen LogP contribution in [0.25, 0.3) is 0 Å². The van der Waals surface area contributed by atoms with Crippen molar-refractivity contribution in [3.8, 4) is 5.75 Å². The molecule has 1 aromatic rings. The average molecular weight is 331 g/mol. The molecule has 0 radical (unpaired) electrons. The number of nitrogens with zero attached hydrogens (tertiary/aromatic N) is 1. The van der Waals surface area contributed by atoms with E-state index < -0.39 is 12.2 Å². The second-order valence-electron chi connectivity index (χ2n) is 7.23. The van der Waals surface area contributed by atoms with Crippen LogP contribution in [0.15, 0.2) is 18.2 Å². The molecular weight excluding hydrogens is 302 g/mol. The molecule has 0 unspecified atom stereocenters. The molecule has 0 aromatic heterocycles. The van der Waals surface area contributed by atoms with Crippen molar-refractivity contribution >= 4 is 5.91 Å². The van der Waals surface area contributed by atoms with E-state index in [-0.39, 0.29) is 11.9 Å². The van der Waals surface area contributed by atoms with E-state index in [1.165, 1.54) is 24.0 Å². The fourth-order valence-electron chi connectivity index (χ4n) is 4.09. The maximum Gasteiger partial charge on any atom is 0.263 e. The number of aliphatic hydroxyl groups excluding tert-OH is 1. The summed E-state index contributed by atoms with van der Waals surface area (Å²) in [4.78, 5) is 14.4. The number of carbonyl (C=O) groups is 1. The molecular formula is C20H29NO3. The Morgan fingerprint density at radius 2 is 1.96 bits per heavy atom. The lowest BCUT2D eigenvalue weighted by Crippen LogP contribution is -2.50. The molecule has 1 saturated carbocycles. The Morgan fingerprint density at radius 1 is 1.21 bits per heavy atom. The number of amides is 1. The van der Waals surface area contributed by atoms with Crippen LogP contribution in [-0.4, -0.2) is 41.2 Å². The second kappa shape index (κ2) is 7.56. The quantitative estimate of drug-likeness (QED) is 0.922. The predicted octanol–water partition coefficient (Wildman–Crippen LogP) is 3.09. The Hall–Kier alpha value is -1.55. The smallest absolute Gasteiger partial charge is 0.263 e. The van der Waals surface area contributed by atoms with Crippen LogP contribution in [0.3, 0.4) is 0 Å². The molecule has 2 aliphatic rings. The SMILES string of the molecule is C[C@@H](Oc1cccc2c1CCCC2)C(=O)N(C)[C@@H]1CCCC[C@H]1O. The minimum absolute atomic E-state index is 0.0469. The largest absolute Gasteiger partial charge is 0.481 e. The molecule has 2 aliphatic carbocycles. The topological polar surface area (TPSA) is 49.8 Å². The summed E-state index contributed by atoms with van der Waals surface area (Å²) in [7, 11) is 1.79. The number of hydrogen-bond donors (Lipinski definition) is 1. The highest BCUT2D eigenvalue weighted by Gasteiger charge is 2.32. The van der Waals surface area contributed by atoms with Gasteiger partial charge < -0.3 is 14.7 Å². The average Bonchev–Trinajstić information content (AvgIpc) is 2.61. The Balaban J connectivity index is 1.68. The van der Waals surface area contributed by atoms with E-state index in [1.807, 2.05) is 19.1 Å². The zero-order valence-corrected chi connectivity index (χ0v) is 14.8. The van der Waals surface area contributed by atoms with Crippen molar-refractivity contribution in [2.24, 2.45) is 0 Å². The Labute approximate surface area is 144 Å². The fourth-order valence-corrected chi connectivity index (χ4v) is 4.09. The normalized spacial score (nSPS) is 24.8. The summed E-state index contributed by atoms with van der Waals surface area (Å²) >= 11 is 0. The fraction of sp³-hybridized carbons (Fsp3) is 0.650. The number of carbonyl (C=O) groups excluding carboxylic acids is 1. The minimum atomic E-state index is -0.530. The van der Waals surface area contributed by atoms with Crippen molar-refractivity contribution in [2.75, 3.05) is 7.05 Å². The number of ether oxygens (including phenoxy) is 1. The number of fused-ring (bicyclic) bond motifs is 1. The van der Waals surface area contributed by atoms with Gasteiger partial charge in [0.1, 0.15) is 5.75 Å². The van der Waals surface area contributed by atoms with Gasteiger partial charge >= 0.3 is 0 Å². The van der Waals surface area contributed by atoms with Gasteiger partial charge in [-0.2, -0.15) is 0 Å². The third-order valence-corrected chi connectivity index (χ3v) is 5.54. The molecule has 0 heterocycles. The van der Waals surface area contributed by atoms with E-state index in [0.29, 0.717) is 0 Å². The van der Waals surface area contributed by atoms with Gasteiger partial charge in [-0.3, -0.25) is 4.79 Å². The van der Waals surface area contributed by atoms with E-state index in [0.717, 1.165) is 44.3 Å². The van der Waals surface area contributed by atoms with E-state index in [4.69, 9.17) is 4.74 Å². The van der Waals surface area contributed by atoms with Crippen LogP contribution < -0.4 is 4.74 Å². The molecule has 132 valence electrons. The summed E-state index contributed by atoms with van der Waals surface area (Å²) < 4.78 is 6.05. The van der Waals surface area contributed by atoms with E-state index in [2.05, 4.69) is 6.07 Å². The number of aryl methyl sites for hydroxylation is 1. The maximum absolute atomic E-state index is 12.8. The Kier molecular flexibility index (Phi) is 5.44. The van der Waals surface area contributed by atoms with Crippen LogP contribution in [0.4, 0.5) is 0 Å². The first-order valence-electron chi connectivity index (χ1n) is 9.30. The molecule has 4 nitrogen and oxygen atoms in total. The molecule has 0 aliphatic heterocycles. The lowest BCUT2D eigenvalue weighted by atomic mass is 9.91. The van der Waals surface area contributed by atoms with Crippen LogP contribution >= 0.6 is 0 Å². The molecule has 1 amide bonds. The van der Waals surface area contributed by atoms with E-state index in [9.17, 15) is 9.90 Å². The highest BCUT2D eigenvalue weighted by atomic mass is 16.5. The number of hydrogen-bond acceptors (Lipinski definition) is 3. The molecule has 3 atom stereocenters. The monoisotopic (exact) mass is 331 g/mol. The molecule has 0 bridgehead atoms. The highest BCUT2D eigenvalue weighted by Crippen LogP contribution is 2.30. The first-order chi connectivity index (χ1) is 11.6. The van der Waals surface area contributed by atoms with Gasteiger partial charge in [0.25, 0.3) is 5.91 Å². The van der Waals surface area contributed by atoms with Crippen molar-refractivity contribution in [1.29, 1.82) is 0 Å². The summed E-state index contributed by atoms with van der Waals surface area (Å²) in [5.74, 6) is 0.806. The van der Waals surface area contributed by atoms with Crippen LogP contribution in [0.1, 0.15) is 56.6 Å². The van der Waals surface area contributed by atoms with Gasteiger partial charge in [0, 0.05) is 7.05 Å². The van der Waals surface area contributed by atoms with Gasteiger partial charge in [0.05, 0.1) is 12.1 Å². The van der Waals surface area contributed by atoms with Gasteiger partial charge in [-0.1, -0.05) is 25.0 Å². The Bertz CT molecular complexity index is 586. The minimum Gasteiger partial charge on any atom is -0.481 e. The van der Waals surface area contributed by atoms with Crippen molar-refractivity contribution in [1.82, 2.24) is 4.90 Å². The lowest BCUT2D eigenvalue weighted by Gasteiger charge is -2.36. The van der Waals surface area contributed by atoms with Crippen molar-refractivity contribution in [3.05, 3.63) is 29.3 Å². The Morgan fingerprint density at radius 3 is 2.75 bits per heavy atom. The second-order valence-corrected chi connectivity index (χ2v) is 7.23. The first kappa shape index (κ1) is 17.3.